The summed E-state index contributed by atoms with van der Waals surface area (Å²) in [6.45, 7) is 4.27. The van der Waals surface area contributed by atoms with Crippen LogP contribution < -0.4 is 0 Å². The van der Waals surface area contributed by atoms with E-state index in [-0.39, 0.29) is 0 Å². The summed E-state index contributed by atoms with van der Waals surface area (Å²) in [5.41, 5.74) is 0. The molecule has 1 heterocycles. The van der Waals surface area contributed by atoms with E-state index >= 15 is 0 Å². The van der Waals surface area contributed by atoms with Crippen molar-refractivity contribution in [1.29, 1.82) is 0 Å². The van der Waals surface area contributed by atoms with Crippen molar-refractivity contribution in [1.82, 2.24) is 0 Å². The third-order valence-corrected chi connectivity index (χ3v) is 1.95. The van der Waals surface area contributed by atoms with Crippen molar-refractivity contribution in [3.63, 3.8) is 0 Å². The summed E-state index contributed by atoms with van der Waals surface area (Å²) < 4.78 is 5.33. The molecule has 0 bridgehead atoms. The third kappa shape index (κ3) is 2.35. The molecule has 0 saturated carbocycles. The van der Waals surface area contributed by atoms with Gasteiger partial charge in [-0.15, -0.1) is 0 Å². The Hall–Kier alpha value is -0.0400. The molecule has 1 nitrogen and oxygen atoms in total. The first kappa shape index (κ1) is 7.07. The molecule has 0 spiro atoms. The van der Waals surface area contributed by atoms with Crippen LogP contribution >= 0.6 is 0 Å². The van der Waals surface area contributed by atoms with Gasteiger partial charge < -0.3 is 4.74 Å². The Balaban J connectivity index is 2.08. The van der Waals surface area contributed by atoms with E-state index in [1.54, 1.807) is 0 Å². The average molecular weight is 128 g/mol. The summed E-state index contributed by atoms with van der Waals surface area (Å²) in [5.74, 6) is 0.878. The van der Waals surface area contributed by atoms with Crippen LogP contribution in [0, 0.1) is 5.92 Å². The van der Waals surface area contributed by atoms with Gasteiger partial charge >= 0.3 is 0 Å². The van der Waals surface area contributed by atoms with Crippen LogP contribution in [0.2, 0.25) is 0 Å². The van der Waals surface area contributed by atoms with E-state index in [1.807, 2.05) is 0 Å². The lowest BCUT2D eigenvalue weighted by atomic mass is 9.98. The summed E-state index contributed by atoms with van der Waals surface area (Å²) in [5, 5.41) is 0. The number of hydrogen-bond acceptors (Lipinski definition) is 1. The van der Waals surface area contributed by atoms with E-state index in [4.69, 9.17) is 4.74 Å². The van der Waals surface area contributed by atoms with Crippen LogP contribution in [0.4, 0.5) is 0 Å². The van der Waals surface area contributed by atoms with Gasteiger partial charge in [0.05, 0.1) is 0 Å². The van der Waals surface area contributed by atoms with Crippen LogP contribution in [0.3, 0.4) is 0 Å². The Morgan fingerprint density at radius 1 is 1.56 bits per heavy atom. The van der Waals surface area contributed by atoms with Gasteiger partial charge in [0.25, 0.3) is 0 Å². The summed E-state index contributed by atoms with van der Waals surface area (Å²) in [6.07, 6.45) is 5.35. The Kier molecular flexibility index (Phi) is 3.05. The fraction of sp³-hybridized carbons (Fsp3) is 1.00. The molecule has 0 aromatic carbocycles. The topological polar surface area (TPSA) is 9.23 Å². The fourth-order valence-electron chi connectivity index (χ4n) is 1.44. The molecular weight excluding hydrogens is 112 g/mol. The van der Waals surface area contributed by atoms with Gasteiger partial charge in [-0.1, -0.05) is 13.3 Å². The van der Waals surface area contributed by atoms with Crippen molar-refractivity contribution in [2.45, 2.75) is 32.6 Å². The zero-order valence-electron chi connectivity index (χ0n) is 6.23. The standard InChI is InChI=1S/C8H16O/c1-2-4-8-5-3-6-9-7-8/h8H,2-7H2,1H3/t8-/m0/s1. The smallest absolute Gasteiger partial charge is 0.0494 e. The molecule has 1 aliphatic rings. The number of rotatable bonds is 2. The summed E-state index contributed by atoms with van der Waals surface area (Å²) in [6, 6.07) is 0. The zero-order chi connectivity index (χ0) is 6.53. The molecule has 1 fully saturated rings. The lowest BCUT2D eigenvalue weighted by molar-refractivity contribution is 0.0514. The molecule has 0 aromatic rings. The van der Waals surface area contributed by atoms with Gasteiger partial charge in [0.1, 0.15) is 0 Å². The van der Waals surface area contributed by atoms with Crippen LogP contribution in [0.5, 0.6) is 0 Å². The quantitative estimate of drug-likeness (QED) is 0.554. The van der Waals surface area contributed by atoms with Gasteiger partial charge in [0.2, 0.25) is 0 Å². The Morgan fingerprint density at radius 2 is 2.44 bits per heavy atom. The molecule has 0 radical (unpaired) electrons. The highest BCUT2D eigenvalue weighted by Gasteiger charge is 2.11. The Bertz CT molecular complexity index is 62.2. The van der Waals surface area contributed by atoms with Gasteiger partial charge in [-0.3, -0.25) is 0 Å². The first-order valence-corrected chi connectivity index (χ1v) is 4.01. The van der Waals surface area contributed by atoms with Crippen LogP contribution in [0.1, 0.15) is 32.6 Å². The van der Waals surface area contributed by atoms with Gasteiger partial charge in [-0.25, -0.2) is 0 Å². The minimum absolute atomic E-state index is 0.878. The number of ether oxygens (including phenoxy) is 1. The summed E-state index contributed by atoms with van der Waals surface area (Å²) >= 11 is 0. The second-order valence-corrected chi connectivity index (χ2v) is 2.87. The fourth-order valence-corrected chi connectivity index (χ4v) is 1.44. The molecule has 0 aromatic heterocycles. The van der Waals surface area contributed by atoms with Crippen LogP contribution in [0.25, 0.3) is 0 Å². The second kappa shape index (κ2) is 3.89. The molecule has 1 heteroatoms. The normalized spacial score (nSPS) is 28.3. The van der Waals surface area contributed by atoms with E-state index < -0.39 is 0 Å². The van der Waals surface area contributed by atoms with Gasteiger partial charge in [0.15, 0.2) is 0 Å². The SMILES string of the molecule is CCC[C@H]1CCCOC1. The highest BCUT2D eigenvalue weighted by molar-refractivity contribution is 4.61. The predicted molar refractivity (Wildman–Crippen MR) is 38.5 cm³/mol. The zero-order valence-corrected chi connectivity index (χ0v) is 6.23. The van der Waals surface area contributed by atoms with E-state index in [2.05, 4.69) is 6.92 Å². The lowest BCUT2D eigenvalue weighted by Crippen LogP contribution is -2.16. The van der Waals surface area contributed by atoms with E-state index in [9.17, 15) is 0 Å². The average Bonchev–Trinajstić information content (AvgIpc) is 1.91. The van der Waals surface area contributed by atoms with Gasteiger partial charge in [0, 0.05) is 13.2 Å². The maximum Gasteiger partial charge on any atom is 0.0494 e. The largest absolute Gasteiger partial charge is 0.381 e. The first-order valence-electron chi connectivity index (χ1n) is 4.01. The van der Waals surface area contributed by atoms with Crippen LogP contribution in [0.15, 0.2) is 0 Å². The second-order valence-electron chi connectivity index (χ2n) is 2.87. The van der Waals surface area contributed by atoms with Crippen LogP contribution in [-0.2, 0) is 4.74 Å². The maximum atomic E-state index is 5.33. The molecule has 54 valence electrons. The Labute approximate surface area is 57.4 Å². The molecule has 1 saturated heterocycles. The van der Waals surface area contributed by atoms with Gasteiger partial charge in [-0.05, 0) is 25.2 Å². The first-order chi connectivity index (χ1) is 4.43. The van der Waals surface area contributed by atoms with Crippen molar-refractivity contribution >= 4 is 0 Å². The highest BCUT2D eigenvalue weighted by atomic mass is 16.5. The van der Waals surface area contributed by atoms with Crippen molar-refractivity contribution < 1.29 is 4.74 Å². The van der Waals surface area contributed by atoms with E-state index in [0.717, 1.165) is 19.1 Å². The molecular formula is C8H16O. The molecule has 1 aliphatic heterocycles. The van der Waals surface area contributed by atoms with Crippen LogP contribution in [-0.4, -0.2) is 13.2 Å². The molecule has 0 aliphatic carbocycles. The Morgan fingerprint density at radius 3 is 3.00 bits per heavy atom. The van der Waals surface area contributed by atoms with Crippen molar-refractivity contribution in [2.24, 2.45) is 5.92 Å². The molecule has 0 unspecified atom stereocenters. The van der Waals surface area contributed by atoms with E-state index in [1.165, 1.54) is 25.7 Å². The highest BCUT2D eigenvalue weighted by Crippen LogP contribution is 2.17. The monoisotopic (exact) mass is 128 g/mol. The van der Waals surface area contributed by atoms with Crippen molar-refractivity contribution in [3.8, 4) is 0 Å². The molecule has 1 rings (SSSR count). The maximum absolute atomic E-state index is 5.33. The summed E-state index contributed by atoms with van der Waals surface area (Å²) in [4.78, 5) is 0. The molecule has 9 heavy (non-hydrogen) atoms. The van der Waals surface area contributed by atoms with Gasteiger partial charge in [-0.2, -0.15) is 0 Å². The van der Waals surface area contributed by atoms with E-state index in [0.29, 0.717) is 0 Å². The third-order valence-electron chi connectivity index (χ3n) is 1.95. The van der Waals surface area contributed by atoms with Crippen molar-refractivity contribution in [2.75, 3.05) is 13.2 Å². The molecule has 0 N–H and O–H groups in total. The minimum Gasteiger partial charge on any atom is -0.381 e. The molecule has 1 atom stereocenters. The minimum atomic E-state index is 0.878. The lowest BCUT2D eigenvalue weighted by Gasteiger charge is -2.20. The summed E-state index contributed by atoms with van der Waals surface area (Å²) in [7, 11) is 0. The number of hydrogen-bond donors (Lipinski definition) is 0. The predicted octanol–water partition coefficient (Wildman–Crippen LogP) is 2.21. The molecule has 0 amide bonds. The van der Waals surface area contributed by atoms with Crippen molar-refractivity contribution in [3.05, 3.63) is 0 Å².